The highest BCUT2D eigenvalue weighted by Crippen LogP contribution is 2.28. The van der Waals surface area contributed by atoms with Crippen LogP contribution in [0.15, 0.2) is 36.5 Å². The lowest BCUT2D eigenvalue weighted by Crippen LogP contribution is -2.28. The number of ketones is 1. The number of Topliss-reactive ketones (excluding diaryl/α,β-unsaturated/α-hetero) is 1. The fourth-order valence-electron chi connectivity index (χ4n) is 3.11. The van der Waals surface area contributed by atoms with E-state index in [1.165, 1.54) is 18.4 Å². The molecule has 2 aromatic rings. The second-order valence-electron chi connectivity index (χ2n) is 6.28. The lowest BCUT2D eigenvalue weighted by atomic mass is 9.90. The van der Waals surface area contributed by atoms with Gasteiger partial charge in [-0.2, -0.15) is 0 Å². The molecule has 1 fully saturated rings. The van der Waals surface area contributed by atoms with E-state index in [0.29, 0.717) is 28.9 Å². The van der Waals surface area contributed by atoms with Crippen LogP contribution in [0.4, 0.5) is 0 Å². The largest absolute Gasteiger partial charge is 0.316 e. The van der Waals surface area contributed by atoms with E-state index in [9.17, 15) is 4.79 Å². The summed E-state index contributed by atoms with van der Waals surface area (Å²) in [7, 11) is 0. The molecule has 1 unspecified atom stereocenters. The average Bonchev–Trinajstić information content (AvgIpc) is 2.59. The molecule has 1 aliphatic rings. The molecule has 24 heavy (non-hydrogen) atoms. The maximum atomic E-state index is 12.3. The minimum atomic E-state index is 0.119. The fraction of sp³-hybridized carbons (Fsp3) is 0.368. The van der Waals surface area contributed by atoms with Crippen molar-refractivity contribution in [2.45, 2.75) is 31.6 Å². The molecule has 0 saturated carbocycles. The topological polar surface area (TPSA) is 42.0 Å². The standard InChI is InChI=1S/C19H20Cl2N2O/c20-18-10-14(16-2-1-7-22-12-16)4-5-15(18)9-17(24)8-13-3-6-19(21)23-11-13/h3-6,10-11,16,22H,1-2,7-9,12H2. The molecule has 126 valence electrons. The van der Waals surface area contributed by atoms with E-state index < -0.39 is 0 Å². The molecule has 1 aliphatic heterocycles. The van der Waals surface area contributed by atoms with Crippen molar-refractivity contribution >= 4 is 29.0 Å². The molecule has 1 aromatic heterocycles. The molecule has 5 heteroatoms. The van der Waals surface area contributed by atoms with Crippen molar-refractivity contribution in [2.75, 3.05) is 13.1 Å². The van der Waals surface area contributed by atoms with E-state index in [-0.39, 0.29) is 5.78 Å². The zero-order chi connectivity index (χ0) is 16.9. The third kappa shape index (κ3) is 4.56. The lowest BCUT2D eigenvalue weighted by molar-refractivity contribution is -0.117. The van der Waals surface area contributed by atoms with Crippen LogP contribution >= 0.6 is 23.2 Å². The second kappa shape index (κ2) is 8.11. The summed E-state index contributed by atoms with van der Waals surface area (Å²) < 4.78 is 0. The summed E-state index contributed by atoms with van der Waals surface area (Å²) in [5.41, 5.74) is 3.01. The summed E-state index contributed by atoms with van der Waals surface area (Å²) >= 11 is 12.2. The number of aromatic nitrogens is 1. The Morgan fingerprint density at radius 3 is 2.75 bits per heavy atom. The van der Waals surface area contributed by atoms with E-state index in [2.05, 4.69) is 16.4 Å². The number of nitrogens with one attached hydrogen (secondary N) is 1. The minimum absolute atomic E-state index is 0.119. The molecular formula is C19H20Cl2N2O. The first-order valence-corrected chi connectivity index (χ1v) is 8.98. The molecule has 0 aliphatic carbocycles. The summed E-state index contributed by atoms with van der Waals surface area (Å²) in [6.07, 6.45) is 4.70. The molecular weight excluding hydrogens is 343 g/mol. The van der Waals surface area contributed by atoms with Crippen LogP contribution in [0.25, 0.3) is 0 Å². The van der Waals surface area contributed by atoms with Crippen LogP contribution in [0.2, 0.25) is 10.2 Å². The number of benzene rings is 1. The summed E-state index contributed by atoms with van der Waals surface area (Å²) in [6, 6.07) is 9.64. The Kier molecular flexibility index (Phi) is 5.88. The molecule has 1 saturated heterocycles. The summed E-state index contributed by atoms with van der Waals surface area (Å²) in [4.78, 5) is 16.3. The third-order valence-corrected chi connectivity index (χ3v) is 5.00. The highest BCUT2D eigenvalue weighted by molar-refractivity contribution is 6.31. The van der Waals surface area contributed by atoms with Crippen molar-refractivity contribution in [3.8, 4) is 0 Å². The molecule has 0 radical (unpaired) electrons. The van der Waals surface area contributed by atoms with E-state index in [0.717, 1.165) is 24.2 Å². The monoisotopic (exact) mass is 362 g/mol. The van der Waals surface area contributed by atoms with Crippen molar-refractivity contribution in [3.05, 3.63) is 63.4 Å². The van der Waals surface area contributed by atoms with Crippen LogP contribution in [-0.4, -0.2) is 23.9 Å². The van der Waals surface area contributed by atoms with Gasteiger partial charge in [0.1, 0.15) is 10.9 Å². The summed E-state index contributed by atoms with van der Waals surface area (Å²) in [6.45, 7) is 2.09. The van der Waals surface area contributed by atoms with Gasteiger partial charge in [-0.25, -0.2) is 4.98 Å². The Hall–Kier alpha value is -1.42. The molecule has 3 rings (SSSR count). The number of nitrogens with zero attached hydrogens (tertiary/aromatic N) is 1. The number of hydrogen-bond acceptors (Lipinski definition) is 3. The van der Waals surface area contributed by atoms with E-state index >= 15 is 0 Å². The SMILES string of the molecule is O=C(Cc1ccc(Cl)nc1)Cc1ccc(C2CCCNC2)cc1Cl. The Morgan fingerprint density at radius 2 is 2.08 bits per heavy atom. The van der Waals surface area contributed by atoms with Crippen LogP contribution < -0.4 is 5.32 Å². The van der Waals surface area contributed by atoms with E-state index in [1.807, 2.05) is 18.2 Å². The smallest absolute Gasteiger partial charge is 0.141 e. The Morgan fingerprint density at radius 1 is 1.21 bits per heavy atom. The Bertz CT molecular complexity index is 710. The highest BCUT2D eigenvalue weighted by Gasteiger charge is 2.17. The first kappa shape index (κ1) is 17.4. The fourth-order valence-corrected chi connectivity index (χ4v) is 3.48. The summed E-state index contributed by atoms with van der Waals surface area (Å²) in [5.74, 6) is 0.634. The number of carbonyl (C=O) groups is 1. The molecule has 2 heterocycles. The van der Waals surface area contributed by atoms with Crippen molar-refractivity contribution in [2.24, 2.45) is 0 Å². The van der Waals surface area contributed by atoms with Gasteiger partial charge in [0.05, 0.1) is 0 Å². The minimum Gasteiger partial charge on any atom is -0.316 e. The molecule has 1 aromatic carbocycles. The van der Waals surface area contributed by atoms with Gasteiger partial charge in [0, 0.05) is 30.6 Å². The van der Waals surface area contributed by atoms with Crippen LogP contribution in [-0.2, 0) is 17.6 Å². The van der Waals surface area contributed by atoms with Gasteiger partial charge in [-0.05, 0) is 54.1 Å². The van der Waals surface area contributed by atoms with Gasteiger partial charge in [0.2, 0.25) is 0 Å². The number of piperidine rings is 1. The van der Waals surface area contributed by atoms with Gasteiger partial charge in [0.25, 0.3) is 0 Å². The molecule has 0 amide bonds. The van der Waals surface area contributed by atoms with E-state index in [4.69, 9.17) is 23.2 Å². The highest BCUT2D eigenvalue weighted by atomic mass is 35.5. The number of halogens is 2. The maximum absolute atomic E-state index is 12.3. The van der Waals surface area contributed by atoms with Gasteiger partial charge >= 0.3 is 0 Å². The van der Waals surface area contributed by atoms with Crippen LogP contribution in [0.3, 0.4) is 0 Å². The van der Waals surface area contributed by atoms with Crippen LogP contribution in [0.1, 0.15) is 35.4 Å². The summed E-state index contributed by atoms with van der Waals surface area (Å²) in [5, 5.41) is 4.53. The molecule has 0 spiro atoms. The number of rotatable bonds is 5. The van der Waals surface area contributed by atoms with Crippen molar-refractivity contribution < 1.29 is 4.79 Å². The third-order valence-electron chi connectivity index (χ3n) is 4.42. The zero-order valence-corrected chi connectivity index (χ0v) is 14.9. The lowest BCUT2D eigenvalue weighted by Gasteiger charge is -2.23. The second-order valence-corrected chi connectivity index (χ2v) is 7.07. The Labute approximate surface area is 152 Å². The van der Waals surface area contributed by atoms with Crippen molar-refractivity contribution in [1.29, 1.82) is 0 Å². The Balaban J connectivity index is 1.64. The number of hydrogen-bond donors (Lipinski definition) is 1. The number of carbonyl (C=O) groups excluding carboxylic acids is 1. The molecule has 0 bridgehead atoms. The van der Waals surface area contributed by atoms with Crippen LogP contribution in [0, 0.1) is 0 Å². The normalized spacial score (nSPS) is 17.7. The first-order chi connectivity index (χ1) is 11.6. The molecule has 1 atom stereocenters. The van der Waals surface area contributed by atoms with Crippen molar-refractivity contribution in [1.82, 2.24) is 10.3 Å². The zero-order valence-electron chi connectivity index (χ0n) is 13.4. The van der Waals surface area contributed by atoms with Crippen molar-refractivity contribution in [3.63, 3.8) is 0 Å². The number of pyridine rings is 1. The first-order valence-electron chi connectivity index (χ1n) is 8.23. The maximum Gasteiger partial charge on any atom is 0.141 e. The molecule has 1 N–H and O–H groups in total. The van der Waals surface area contributed by atoms with Gasteiger partial charge < -0.3 is 5.32 Å². The predicted octanol–water partition coefficient (Wildman–Crippen LogP) is 4.21. The van der Waals surface area contributed by atoms with Crippen LogP contribution in [0.5, 0.6) is 0 Å². The quantitative estimate of drug-likeness (QED) is 0.810. The van der Waals surface area contributed by atoms with Gasteiger partial charge in [-0.1, -0.05) is 41.4 Å². The predicted molar refractivity (Wildman–Crippen MR) is 98.0 cm³/mol. The molecule has 3 nitrogen and oxygen atoms in total. The van der Waals surface area contributed by atoms with Gasteiger partial charge in [-0.3, -0.25) is 4.79 Å². The average molecular weight is 363 g/mol. The van der Waals surface area contributed by atoms with E-state index in [1.54, 1.807) is 12.3 Å². The van der Waals surface area contributed by atoms with Gasteiger partial charge in [-0.15, -0.1) is 0 Å². The van der Waals surface area contributed by atoms with Gasteiger partial charge in [0.15, 0.2) is 0 Å².